The second kappa shape index (κ2) is 9.05. The van der Waals surface area contributed by atoms with E-state index < -0.39 is 0 Å². The van der Waals surface area contributed by atoms with Gasteiger partial charge in [0, 0.05) is 39.3 Å². The lowest BCUT2D eigenvalue weighted by Gasteiger charge is -2.24. The third-order valence-electron chi connectivity index (χ3n) is 4.75. The standard InChI is InChI=1S/C19H26N4O2.ClH/c1-14-5-4-6-16(9-14)25-8-7-22(2)19(24)18-12-20-11-17(18)15-10-21-23(3)13-15;/h4-6,9-10,13,17-18,20H,7-8,11-12H2,1-3H3;1H/t17-,18+;/m1./s1. The van der Waals surface area contributed by atoms with Crippen LogP contribution >= 0.6 is 12.4 Å². The molecule has 0 spiro atoms. The molecular formula is C19H27ClN4O2. The number of ether oxygens (including phenoxy) is 1. The van der Waals surface area contributed by atoms with Crippen molar-refractivity contribution in [3.63, 3.8) is 0 Å². The molecule has 1 aliphatic rings. The fraction of sp³-hybridized carbons (Fsp3) is 0.474. The molecule has 2 atom stereocenters. The quantitative estimate of drug-likeness (QED) is 0.835. The monoisotopic (exact) mass is 378 g/mol. The zero-order chi connectivity index (χ0) is 17.8. The van der Waals surface area contributed by atoms with Crippen molar-refractivity contribution in [1.82, 2.24) is 20.0 Å². The Morgan fingerprint density at radius 2 is 2.23 bits per heavy atom. The molecule has 2 aromatic rings. The zero-order valence-corrected chi connectivity index (χ0v) is 16.3. The summed E-state index contributed by atoms with van der Waals surface area (Å²) in [6, 6.07) is 7.95. The molecule has 6 nitrogen and oxygen atoms in total. The molecule has 1 amide bonds. The Morgan fingerprint density at radius 1 is 1.42 bits per heavy atom. The number of nitrogens with one attached hydrogen (secondary N) is 1. The van der Waals surface area contributed by atoms with Gasteiger partial charge in [0.05, 0.1) is 18.7 Å². The van der Waals surface area contributed by atoms with Gasteiger partial charge in [0.15, 0.2) is 0 Å². The molecule has 0 saturated carbocycles. The van der Waals surface area contributed by atoms with E-state index in [1.807, 2.05) is 57.7 Å². The van der Waals surface area contributed by atoms with Crippen molar-refractivity contribution in [3.8, 4) is 5.75 Å². The lowest BCUT2D eigenvalue weighted by molar-refractivity contribution is -0.134. The minimum atomic E-state index is -0.0480. The van der Waals surface area contributed by atoms with Crippen molar-refractivity contribution in [1.29, 1.82) is 0 Å². The number of hydrogen-bond donors (Lipinski definition) is 1. The van der Waals surface area contributed by atoms with Gasteiger partial charge < -0.3 is 15.0 Å². The number of hydrogen-bond acceptors (Lipinski definition) is 4. The van der Waals surface area contributed by atoms with Gasteiger partial charge in [0.2, 0.25) is 5.91 Å². The van der Waals surface area contributed by atoms with Crippen LogP contribution in [0.5, 0.6) is 5.75 Å². The van der Waals surface area contributed by atoms with Crippen LogP contribution < -0.4 is 10.1 Å². The average molecular weight is 379 g/mol. The smallest absolute Gasteiger partial charge is 0.227 e. The Balaban J connectivity index is 0.00000243. The summed E-state index contributed by atoms with van der Waals surface area (Å²) < 4.78 is 7.55. The fourth-order valence-corrected chi connectivity index (χ4v) is 3.32. The SMILES string of the molecule is Cc1cccc(OCCN(C)C(=O)[C@H]2CNC[C@@H]2c2cnn(C)c2)c1.Cl. The average Bonchev–Trinajstić information content (AvgIpc) is 3.22. The molecule has 0 aliphatic carbocycles. The van der Waals surface area contributed by atoms with Crippen LogP contribution in [0.25, 0.3) is 0 Å². The maximum Gasteiger partial charge on any atom is 0.227 e. The summed E-state index contributed by atoms with van der Waals surface area (Å²) in [5.74, 6) is 1.14. The first kappa shape index (κ1) is 20.3. The van der Waals surface area contributed by atoms with Gasteiger partial charge in [-0.05, 0) is 30.2 Å². The third-order valence-corrected chi connectivity index (χ3v) is 4.75. The first-order valence-electron chi connectivity index (χ1n) is 8.68. The van der Waals surface area contributed by atoms with E-state index in [1.165, 1.54) is 5.56 Å². The number of likely N-dealkylation sites (N-methyl/N-ethyl adjacent to an activating group) is 1. The second-order valence-corrected chi connectivity index (χ2v) is 6.74. The minimum absolute atomic E-state index is 0. The van der Waals surface area contributed by atoms with Gasteiger partial charge in [-0.3, -0.25) is 9.48 Å². The molecule has 0 radical (unpaired) electrons. The van der Waals surface area contributed by atoms with E-state index in [4.69, 9.17) is 4.74 Å². The van der Waals surface area contributed by atoms with Crippen LogP contribution in [0.4, 0.5) is 0 Å². The van der Waals surface area contributed by atoms with Crippen molar-refractivity contribution >= 4 is 18.3 Å². The normalized spacial score (nSPS) is 19.0. The van der Waals surface area contributed by atoms with E-state index >= 15 is 0 Å². The van der Waals surface area contributed by atoms with Crippen LogP contribution in [0.15, 0.2) is 36.7 Å². The number of carbonyl (C=O) groups is 1. The van der Waals surface area contributed by atoms with Gasteiger partial charge in [-0.15, -0.1) is 12.4 Å². The number of carbonyl (C=O) groups excluding carboxylic acids is 1. The molecule has 1 fully saturated rings. The minimum Gasteiger partial charge on any atom is -0.492 e. The molecule has 1 aromatic carbocycles. The highest BCUT2D eigenvalue weighted by Crippen LogP contribution is 2.29. The van der Waals surface area contributed by atoms with Crippen molar-refractivity contribution in [2.24, 2.45) is 13.0 Å². The van der Waals surface area contributed by atoms with Crippen LogP contribution in [-0.4, -0.2) is 53.9 Å². The van der Waals surface area contributed by atoms with Crippen molar-refractivity contribution in [2.75, 3.05) is 33.3 Å². The highest BCUT2D eigenvalue weighted by atomic mass is 35.5. The van der Waals surface area contributed by atoms with Gasteiger partial charge in [0.1, 0.15) is 12.4 Å². The Hall–Kier alpha value is -2.05. The summed E-state index contributed by atoms with van der Waals surface area (Å²) in [5.41, 5.74) is 2.29. The summed E-state index contributed by atoms with van der Waals surface area (Å²) in [5, 5.41) is 7.57. The molecular weight excluding hydrogens is 352 g/mol. The number of halogens is 1. The third kappa shape index (κ3) is 4.77. The van der Waals surface area contributed by atoms with Crippen LogP contribution in [-0.2, 0) is 11.8 Å². The van der Waals surface area contributed by atoms with E-state index in [9.17, 15) is 4.79 Å². The fourth-order valence-electron chi connectivity index (χ4n) is 3.32. The number of rotatable bonds is 6. The van der Waals surface area contributed by atoms with E-state index in [1.54, 1.807) is 9.58 Å². The van der Waals surface area contributed by atoms with E-state index in [0.717, 1.165) is 17.9 Å². The molecule has 1 aromatic heterocycles. The first-order valence-corrected chi connectivity index (χ1v) is 8.68. The maximum absolute atomic E-state index is 12.8. The van der Waals surface area contributed by atoms with Crippen LogP contribution in [0.2, 0.25) is 0 Å². The number of aryl methyl sites for hydroxylation is 2. The number of amides is 1. The highest BCUT2D eigenvalue weighted by molar-refractivity contribution is 5.85. The van der Waals surface area contributed by atoms with Crippen LogP contribution in [0, 0.1) is 12.8 Å². The lowest BCUT2D eigenvalue weighted by Crippen LogP contribution is -2.38. The Kier molecular flexibility index (Phi) is 7.06. The summed E-state index contributed by atoms with van der Waals surface area (Å²) >= 11 is 0. The van der Waals surface area contributed by atoms with Gasteiger partial charge >= 0.3 is 0 Å². The Morgan fingerprint density at radius 3 is 2.92 bits per heavy atom. The van der Waals surface area contributed by atoms with Crippen molar-refractivity contribution < 1.29 is 9.53 Å². The van der Waals surface area contributed by atoms with E-state index in [0.29, 0.717) is 19.7 Å². The van der Waals surface area contributed by atoms with Crippen molar-refractivity contribution in [2.45, 2.75) is 12.8 Å². The molecule has 3 rings (SSSR count). The van der Waals surface area contributed by atoms with Gasteiger partial charge in [0.25, 0.3) is 0 Å². The number of nitrogens with zero attached hydrogens (tertiary/aromatic N) is 3. The zero-order valence-electron chi connectivity index (χ0n) is 15.5. The molecule has 0 bridgehead atoms. The van der Waals surface area contributed by atoms with Crippen molar-refractivity contribution in [3.05, 3.63) is 47.8 Å². The molecule has 1 N–H and O–H groups in total. The molecule has 2 heterocycles. The second-order valence-electron chi connectivity index (χ2n) is 6.74. The van der Waals surface area contributed by atoms with Crippen LogP contribution in [0.3, 0.4) is 0 Å². The summed E-state index contributed by atoms with van der Waals surface area (Å²) in [7, 11) is 3.75. The first-order chi connectivity index (χ1) is 12.0. The highest BCUT2D eigenvalue weighted by Gasteiger charge is 2.36. The van der Waals surface area contributed by atoms with E-state index in [2.05, 4.69) is 10.4 Å². The molecule has 1 aliphatic heterocycles. The summed E-state index contributed by atoms with van der Waals surface area (Å²) in [6.45, 7) is 4.62. The van der Waals surface area contributed by atoms with Gasteiger partial charge in [-0.25, -0.2) is 0 Å². The van der Waals surface area contributed by atoms with E-state index in [-0.39, 0.29) is 30.2 Å². The number of aromatic nitrogens is 2. The predicted molar refractivity (Wildman–Crippen MR) is 104 cm³/mol. The maximum atomic E-state index is 12.8. The summed E-state index contributed by atoms with van der Waals surface area (Å²) in [4.78, 5) is 14.6. The van der Waals surface area contributed by atoms with Crippen LogP contribution in [0.1, 0.15) is 17.0 Å². The number of benzene rings is 1. The van der Waals surface area contributed by atoms with Gasteiger partial charge in [-0.1, -0.05) is 12.1 Å². The molecule has 0 unspecified atom stereocenters. The summed E-state index contributed by atoms with van der Waals surface area (Å²) in [6.07, 6.45) is 3.86. The molecule has 1 saturated heterocycles. The van der Waals surface area contributed by atoms with Gasteiger partial charge in [-0.2, -0.15) is 5.10 Å². The topological polar surface area (TPSA) is 59.4 Å². The Bertz CT molecular complexity index is 734. The Labute approximate surface area is 160 Å². The largest absolute Gasteiger partial charge is 0.492 e. The lowest BCUT2D eigenvalue weighted by atomic mass is 9.90. The predicted octanol–water partition coefficient (Wildman–Crippen LogP) is 1.99. The molecule has 7 heteroatoms. The molecule has 142 valence electrons. The molecule has 26 heavy (non-hydrogen) atoms.